The summed E-state index contributed by atoms with van der Waals surface area (Å²) in [6.45, 7) is 9.83. The summed E-state index contributed by atoms with van der Waals surface area (Å²) in [4.78, 5) is 4.18. The van der Waals surface area contributed by atoms with Gasteiger partial charge in [0.15, 0.2) is 5.65 Å². The molecule has 2 rings (SSSR count). The minimum Gasteiger partial charge on any atom is -0.494 e. The summed E-state index contributed by atoms with van der Waals surface area (Å²) in [5.74, 6) is 1.34. The highest BCUT2D eigenvalue weighted by molar-refractivity contribution is 5.58. The smallest absolute Gasteiger partial charge is 0.159 e. The summed E-state index contributed by atoms with van der Waals surface area (Å²) in [5, 5.41) is 4.12. The SMILES string of the molecule is CC.CC.COc1cc2nc(C)nn2cc1N. The van der Waals surface area contributed by atoms with Gasteiger partial charge in [0.05, 0.1) is 19.0 Å². The molecule has 0 aliphatic rings. The van der Waals surface area contributed by atoms with E-state index >= 15 is 0 Å². The fraction of sp³-hybridized carbons (Fsp3) is 0.500. The zero-order chi connectivity index (χ0) is 13.4. The van der Waals surface area contributed by atoms with Crippen molar-refractivity contribution in [3.05, 3.63) is 18.1 Å². The number of ether oxygens (including phenoxy) is 1. The molecule has 0 unspecified atom stereocenters. The van der Waals surface area contributed by atoms with Crippen LogP contribution in [-0.4, -0.2) is 21.7 Å². The quantitative estimate of drug-likeness (QED) is 0.829. The highest BCUT2D eigenvalue weighted by atomic mass is 16.5. The van der Waals surface area contributed by atoms with E-state index in [0.29, 0.717) is 17.3 Å². The molecule has 17 heavy (non-hydrogen) atoms. The first-order valence-corrected chi connectivity index (χ1v) is 5.87. The van der Waals surface area contributed by atoms with Gasteiger partial charge >= 0.3 is 0 Å². The molecule has 2 heterocycles. The first kappa shape index (κ1) is 15.2. The van der Waals surface area contributed by atoms with Gasteiger partial charge in [-0.3, -0.25) is 0 Å². The molecule has 0 aliphatic heterocycles. The van der Waals surface area contributed by atoms with Crippen molar-refractivity contribution in [1.82, 2.24) is 14.6 Å². The molecular formula is C12H22N4O. The number of aromatic nitrogens is 3. The van der Waals surface area contributed by atoms with Crippen molar-refractivity contribution in [2.24, 2.45) is 0 Å². The second-order valence-electron chi connectivity index (χ2n) is 2.76. The summed E-state index contributed by atoms with van der Waals surface area (Å²) in [5.41, 5.74) is 6.99. The number of nitrogens with zero attached hydrogens (tertiary/aromatic N) is 3. The maximum absolute atomic E-state index is 5.69. The average molecular weight is 238 g/mol. The van der Waals surface area contributed by atoms with E-state index in [-0.39, 0.29) is 0 Å². The van der Waals surface area contributed by atoms with Gasteiger partial charge in [0.2, 0.25) is 0 Å². The highest BCUT2D eigenvalue weighted by Crippen LogP contribution is 2.21. The zero-order valence-corrected chi connectivity index (χ0v) is 11.5. The van der Waals surface area contributed by atoms with E-state index in [2.05, 4.69) is 10.1 Å². The van der Waals surface area contributed by atoms with Crippen molar-refractivity contribution >= 4 is 11.3 Å². The fourth-order valence-electron chi connectivity index (χ4n) is 1.21. The third-order valence-corrected chi connectivity index (χ3v) is 1.79. The Morgan fingerprint density at radius 2 is 1.82 bits per heavy atom. The minimum absolute atomic E-state index is 0.555. The van der Waals surface area contributed by atoms with E-state index < -0.39 is 0 Å². The van der Waals surface area contributed by atoms with Crippen molar-refractivity contribution in [1.29, 1.82) is 0 Å². The first-order valence-electron chi connectivity index (χ1n) is 5.87. The number of nitrogens with two attached hydrogens (primary N) is 1. The lowest BCUT2D eigenvalue weighted by Crippen LogP contribution is -1.96. The van der Waals surface area contributed by atoms with Crippen LogP contribution in [0, 0.1) is 6.92 Å². The lowest BCUT2D eigenvalue weighted by molar-refractivity contribution is 0.416. The number of anilines is 1. The average Bonchev–Trinajstić information content (AvgIpc) is 2.72. The van der Waals surface area contributed by atoms with Gasteiger partial charge in [-0.05, 0) is 6.92 Å². The van der Waals surface area contributed by atoms with Crippen molar-refractivity contribution in [3.63, 3.8) is 0 Å². The molecule has 2 N–H and O–H groups in total. The third kappa shape index (κ3) is 3.62. The monoisotopic (exact) mass is 238 g/mol. The summed E-state index contributed by atoms with van der Waals surface area (Å²) >= 11 is 0. The van der Waals surface area contributed by atoms with Crippen LogP contribution in [0.5, 0.6) is 5.75 Å². The van der Waals surface area contributed by atoms with Crippen LogP contribution < -0.4 is 10.5 Å². The van der Waals surface area contributed by atoms with Crippen LogP contribution in [-0.2, 0) is 0 Å². The van der Waals surface area contributed by atoms with Gasteiger partial charge in [0.1, 0.15) is 11.6 Å². The van der Waals surface area contributed by atoms with Crippen LogP contribution in [0.2, 0.25) is 0 Å². The maximum Gasteiger partial charge on any atom is 0.159 e. The van der Waals surface area contributed by atoms with Gasteiger partial charge in [-0.1, -0.05) is 27.7 Å². The summed E-state index contributed by atoms with van der Waals surface area (Å²) < 4.78 is 6.69. The maximum atomic E-state index is 5.69. The van der Waals surface area contributed by atoms with Crippen LogP contribution >= 0.6 is 0 Å². The topological polar surface area (TPSA) is 65.4 Å². The number of rotatable bonds is 1. The largest absolute Gasteiger partial charge is 0.494 e. The van der Waals surface area contributed by atoms with Crippen molar-refractivity contribution in [2.45, 2.75) is 34.6 Å². The van der Waals surface area contributed by atoms with E-state index in [1.54, 1.807) is 23.9 Å². The molecule has 5 heteroatoms. The standard InChI is InChI=1S/C8H10N4O.2C2H6/c1-5-10-8-3-7(13-2)6(9)4-12(8)11-5;2*1-2/h3-4H,9H2,1-2H3;2*1-2H3. The lowest BCUT2D eigenvalue weighted by Gasteiger charge is -2.02. The Hall–Kier alpha value is -1.78. The Morgan fingerprint density at radius 3 is 2.35 bits per heavy atom. The summed E-state index contributed by atoms with van der Waals surface area (Å²) in [7, 11) is 1.57. The molecule has 0 saturated carbocycles. The number of aryl methyl sites for hydroxylation is 1. The molecule has 0 atom stereocenters. The van der Waals surface area contributed by atoms with Crippen LogP contribution in [0.3, 0.4) is 0 Å². The zero-order valence-electron chi connectivity index (χ0n) is 11.5. The predicted octanol–water partition coefficient (Wildman–Crippen LogP) is 2.68. The van der Waals surface area contributed by atoms with Crippen molar-refractivity contribution in [3.8, 4) is 5.75 Å². The van der Waals surface area contributed by atoms with Crippen molar-refractivity contribution in [2.75, 3.05) is 12.8 Å². The van der Waals surface area contributed by atoms with E-state index in [0.717, 1.165) is 5.65 Å². The first-order chi connectivity index (χ1) is 8.20. The molecule has 0 saturated heterocycles. The number of fused-ring (bicyclic) bond motifs is 1. The number of methoxy groups -OCH3 is 1. The molecule has 5 nitrogen and oxygen atoms in total. The Bertz CT molecular complexity index is 451. The van der Waals surface area contributed by atoms with Gasteiger partial charge < -0.3 is 10.5 Å². The van der Waals surface area contributed by atoms with Gasteiger partial charge in [-0.15, -0.1) is 0 Å². The molecule has 0 fully saturated rings. The molecular weight excluding hydrogens is 216 g/mol. The summed E-state index contributed by atoms with van der Waals surface area (Å²) in [6, 6.07) is 1.76. The normalized spacial score (nSPS) is 8.82. The van der Waals surface area contributed by atoms with E-state index in [4.69, 9.17) is 10.5 Å². The highest BCUT2D eigenvalue weighted by Gasteiger charge is 2.04. The van der Waals surface area contributed by atoms with Gasteiger partial charge in [0, 0.05) is 6.07 Å². The number of hydrogen-bond acceptors (Lipinski definition) is 4. The molecule has 2 aromatic heterocycles. The van der Waals surface area contributed by atoms with Crippen LogP contribution in [0.1, 0.15) is 33.5 Å². The molecule has 2 aromatic rings. The lowest BCUT2D eigenvalue weighted by atomic mass is 10.4. The molecule has 0 bridgehead atoms. The Kier molecular flexibility index (Phi) is 6.70. The van der Waals surface area contributed by atoms with Gasteiger partial charge in [0.25, 0.3) is 0 Å². The second-order valence-corrected chi connectivity index (χ2v) is 2.76. The van der Waals surface area contributed by atoms with Crippen LogP contribution in [0.15, 0.2) is 12.3 Å². The predicted molar refractivity (Wildman–Crippen MR) is 71.4 cm³/mol. The van der Waals surface area contributed by atoms with Crippen molar-refractivity contribution < 1.29 is 4.74 Å². The minimum atomic E-state index is 0.555. The summed E-state index contributed by atoms with van der Waals surface area (Å²) in [6.07, 6.45) is 1.69. The molecule has 0 aromatic carbocycles. The van der Waals surface area contributed by atoms with E-state index in [1.165, 1.54) is 0 Å². The number of pyridine rings is 1. The molecule has 0 radical (unpaired) electrons. The molecule has 96 valence electrons. The molecule has 0 amide bonds. The number of nitrogen functional groups attached to an aromatic ring is 1. The van der Waals surface area contributed by atoms with Gasteiger partial charge in [-0.25, -0.2) is 9.50 Å². The van der Waals surface area contributed by atoms with Gasteiger partial charge in [-0.2, -0.15) is 5.10 Å². The molecule has 0 spiro atoms. The Balaban J connectivity index is 0.000000581. The second kappa shape index (κ2) is 7.49. The Labute approximate surface area is 103 Å². The fourth-order valence-corrected chi connectivity index (χ4v) is 1.21. The van der Waals surface area contributed by atoms with E-state index in [1.807, 2.05) is 34.6 Å². The van der Waals surface area contributed by atoms with Crippen LogP contribution in [0.25, 0.3) is 5.65 Å². The van der Waals surface area contributed by atoms with Crippen LogP contribution in [0.4, 0.5) is 5.69 Å². The number of hydrogen-bond donors (Lipinski definition) is 1. The third-order valence-electron chi connectivity index (χ3n) is 1.79. The van der Waals surface area contributed by atoms with E-state index in [9.17, 15) is 0 Å². The molecule has 0 aliphatic carbocycles. The Morgan fingerprint density at radius 1 is 1.24 bits per heavy atom.